The van der Waals surface area contributed by atoms with Gasteiger partial charge in [0.05, 0.1) is 22.6 Å². The molecular weight excluding hydrogens is 196 g/mol. The van der Waals surface area contributed by atoms with Crippen LogP contribution < -0.4 is 0 Å². The molecule has 4 heteroatoms. The molecule has 2 rings (SSSR count). The molecule has 1 aromatic heterocycles. The van der Waals surface area contributed by atoms with E-state index in [1.165, 1.54) is 10.5 Å². The van der Waals surface area contributed by atoms with E-state index in [0.29, 0.717) is 6.61 Å². The van der Waals surface area contributed by atoms with E-state index in [1.54, 1.807) is 11.3 Å². The second kappa shape index (κ2) is 3.71. The number of fused-ring (bicyclic) bond motifs is 1. The predicted octanol–water partition coefficient (Wildman–Crippen LogP) is 1.97. The number of hydrogen-bond donors (Lipinski definition) is 0. The lowest BCUT2D eigenvalue weighted by atomic mass is 10.1. The van der Waals surface area contributed by atoms with E-state index in [9.17, 15) is 0 Å². The zero-order valence-electron chi connectivity index (χ0n) is 8.70. The van der Waals surface area contributed by atoms with Gasteiger partial charge in [-0.05, 0) is 21.0 Å². The van der Waals surface area contributed by atoms with Crippen molar-refractivity contribution < 1.29 is 4.74 Å². The molecule has 0 aliphatic carbocycles. The first kappa shape index (κ1) is 9.68. The van der Waals surface area contributed by atoms with Crippen molar-refractivity contribution in [1.29, 1.82) is 0 Å². The fourth-order valence-corrected chi connectivity index (χ4v) is 2.34. The number of ether oxygens (including phenoxy) is 1. The molecule has 2 heterocycles. The molecule has 14 heavy (non-hydrogen) atoms. The average molecular weight is 210 g/mol. The molecule has 0 radical (unpaired) electrons. The van der Waals surface area contributed by atoms with Crippen molar-refractivity contribution in [3.8, 4) is 0 Å². The first-order chi connectivity index (χ1) is 6.68. The van der Waals surface area contributed by atoms with Crippen molar-refractivity contribution in [2.24, 2.45) is 0 Å². The summed E-state index contributed by atoms with van der Waals surface area (Å²) in [5, 5.41) is 0. The topological polar surface area (TPSA) is 25.4 Å². The molecule has 0 fully saturated rings. The lowest BCUT2D eigenvalue weighted by molar-refractivity contribution is 0.169. The van der Waals surface area contributed by atoms with Gasteiger partial charge < -0.3 is 9.64 Å². The summed E-state index contributed by atoms with van der Waals surface area (Å²) in [6.07, 6.45) is 0. The highest BCUT2D eigenvalue weighted by Crippen LogP contribution is 2.31. The maximum atomic E-state index is 5.67. The van der Waals surface area contributed by atoms with Crippen molar-refractivity contribution in [3.05, 3.63) is 21.8 Å². The fourth-order valence-electron chi connectivity index (χ4n) is 1.52. The maximum Gasteiger partial charge on any atom is 0.131 e. The van der Waals surface area contributed by atoms with Crippen LogP contribution in [-0.2, 0) is 11.3 Å². The van der Waals surface area contributed by atoms with Crippen LogP contribution in [0.3, 0.4) is 0 Å². The van der Waals surface area contributed by atoms with E-state index in [1.807, 2.05) is 19.6 Å². The smallest absolute Gasteiger partial charge is 0.131 e. The van der Waals surface area contributed by atoms with E-state index in [4.69, 9.17) is 4.74 Å². The van der Waals surface area contributed by atoms with Crippen LogP contribution in [0.1, 0.15) is 17.5 Å². The highest BCUT2D eigenvalue weighted by Gasteiger charge is 2.19. The molecule has 0 unspecified atom stereocenters. The van der Waals surface area contributed by atoms with Gasteiger partial charge in [0.2, 0.25) is 0 Å². The second-order valence-electron chi connectivity index (χ2n) is 3.70. The quantitative estimate of drug-likeness (QED) is 0.746. The van der Waals surface area contributed by atoms with Crippen LogP contribution in [0, 0.1) is 0 Å². The summed E-state index contributed by atoms with van der Waals surface area (Å²) >= 11 is 1.70. The van der Waals surface area contributed by atoms with Gasteiger partial charge in [-0.1, -0.05) is 0 Å². The van der Waals surface area contributed by atoms with Gasteiger partial charge in [-0.25, -0.2) is 4.98 Å². The Morgan fingerprint density at radius 1 is 1.57 bits per heavy atom. The standard InChI is InChI=1S/C10H14N2OS/c1-7-9(4-12(2)3)13-5-8-10(7)14-6-11-8/h6H,4-5H2,1-3H3. The lowest BCUT2D eigenvalue weighted by Crippen LogP contribution is -2.19. The number of aromatic nitrogens is 1. The molecule has 0 aromatic carbocycles. The number of hydrogen-bond acceptors (Lipinski definition) is 4. The van der Waals surface area contributed by atoms with E-state index < -0.39 is 0 Å². The van der Waals surface area contributed by atoms with Gasteiger partial charge in [-0.3, -0.25) is 0 Å². The Morgan fingerprint density at radius 3 is 3.07 bits per heavy atom. The van der Waals surface area contributed by atoms with Crippen LogP contribution in [0.25, 0.3) is 5.57 Å². The summed E-state index contributed by atoms with van der Waals surface area (Å²) in [6, 6.07) is 0. The van der Waals surface area contributed by atoms with Crippen molar-refractivity contribution >= 4 is 16.9 Å². The number of rotatable bonds is 2. The molecular formula is C10H14N2OS. The fraction of sp³-hybridized carbons (Fsp3) is 0.500. The van der Waals surface area contributed by atoms with Crippen molar-refractivity contribution in [3.63, 3.8) is 0 Å². The van der Waals surface area contributed by atoms with Crippen molar-refractivity contribution in [1.82, 2.24) is 9.88 Å². The van der Waals surface area contributed by atoms with Crippen LogP contribution >= 0.6 is 11.3 Å². The Balaban J connectivity index is 2.31. The van der Waals surface area contributed by atoms with E-state index in [-0.39, 0.29) is 0 Å². The first-order valence-corrected chi connectivity index (χ1v) is 5.46. The Kier molecular flexibility index (Phi) is 2.56. The minimum atomic E-state index is 0.624. The number of nitrogens with zero attached hydrogens (tertiary/aromatic N) is 2. The SMILES string of the molecule is CC1=C(CN(C)C)OCc2ncsc21. The molecule has 0 spiro atoms. The Bertz CT molecular complexity index is 368. The van der Waals surface area contributed by atoms with Gasteiger partial charge in [-0.15, -0.1) is 11.3 Å². The molecule has 0 N–H and O–H groups in total. The largest absolute Gasteiger partial charge is 0.490 e. The Labute approximate surface area is 88.0 Å². The lowest BCUT2D eigenvalue weighted by Gasteiger charge is -2.21. The summed E-state index contributed by atoms with van der Waals surface area (Å²) < 4.78 is 5.67. The highest BCUT2D eigenvalue weighted by molar-refractivity contribution is 7.10. The highest BCUT2D eigenvalue weighted by atomic mass is 32.1. The van der Waals surface area contributed by atoms with Gasteiger partial charge in [0, 0.05) is 5.57 Å². The van der Waals surface area contributed by atoms with Crippen molar-refractivity contribution in [2.45, 2.75) is 13.5 Å². The Morgan fingerprint density at radius 2 is 2.36 bits per heavy atom. The van der Waals surface area contributed by atoms with Crippen LogP contribution in [0.5, 0.6) is 0 Å². The number of thiazole rings is 1. The van der Waals surface area contributed by atoms with Crippen molar-refractivity contribution in [2.75, 3.05) is 20.6 Å². The zero-order valence-corrected chi connectivity index (χ0v) is 9.52. The maximum absolute atomic E-state index is 5.67. The normalized spacial score (nSPS) is 15.7. The monoisotopic (exact) mass is 210 g/mol. The molecule has 76 valence electrons. The van der Waals surface area contributed by atoms with Crippen LogP contribution in [0.2, 0.25) is 0 Å². The van der Waals surface area contributed by atoms with Gasteiger partial charge >= 0.3 is 0 Å². The molecule has 0 amide bonds. The molecule has 1 aliphatic rings. The molecule has 0 saturated heterocycles. The predicted molar refractivity (Wildman–Crippen MR) is 58.1 cm³/mol. The molecule has 0 bridgehead atoms. The molecule has 1 aromatic rings. The summed E-state index contributed by atoms with van der Waals surface area (Å²) in [7, 11) is 4.09. The van der Waals surface area contributed by atoms with Gasteiger partial charge in [0.15, 0.2) is 0 Å². The van der Waals surface area contributed by atoms with Crippen LogP contribution in [0.15, 0.2) is 11.3 Å². The molecule has 1 aliphatic heterocycles. The summed E-state index contributed by atoms with van der Waals surface area (Å²) in [4.78, 5) is 7.67. The summed E-state index contributed by atoms with van der Waals surface area (Å²) in [5.74, 6) is 1.08. The second-order valence-corrected chi connectivity index (χ2v) is 4.56. The van der Waals surface area contributed by atoms with E-state index >= 15 is 0 Å². The van der Waals surface area contributed by atoms with Gasteiger partial charge in [0.25, 0.3) is 0 Å². The number of likely N-dealkylation sites (N-methyl/N-ethyl adjacent to an activating group) is 1. The summed E-state index contributed by atoms with van der Waals surface area (Å²) in [6.45, 7) is 3.59. The third-order valence-electron chi connectivity index (χ3n) is 2.24. The van der Waals surface area contributed by atoms with E-state index in [0.717, 1.165) is 18.0 Å². The Hall–Kier alpha value is -0.870. The van der Waals surface area contributed by atoms with Gasteiger partial charge in [0.1, 0.15) is 12.4 Å². The first-order valence-electron chi connectivity index (χ1n) is 4.58. The summed E-state index contributed by atoms with van der Waals surface area (Å²) in [5.41, 5.74) is 4.20. The van der Waals surface area contributed by atoms with Gasteiger partial charge in [-0.2, -0.15) is 0 Å². The minimum Gasteiger partial charge on any atom is -0.490 e. The zero-order chi connectivity index (χ0) is 10.1. The number of allylic oxidation sites excluding steroid dienone is 1. The average Bonchev–Trinajstić information content (AvgIpc) is 2.57. The molecule has 3 nitrogen and oxygen atoms in total. The van der Waals surface area contributed by atoms with E-state index in [2.05, 4.69) is 16.8 Å². The molecule has 0 atom stereocenters. The minimum absolute atomic E-state index is 0.624. The molecule has 0 saturated carbocycles. The third-order valence-corrected chi connectivity index (χ3v) is 3.23. The third kappa shape index (κ3) is 1.67. The van der Waals surface area contributed by atoms with Crippen LogP contribution in [-0.4, -0.2) is 30.5 Å². The van der Waals surface area contributed by atoms with Crippen LogP contribution in [0.4, 0.5) is 0 Å².